The van der Waals surface area contributed by atoms with Gasteiger partial charge in [0.1, 0.15) is 6.61 Å². The second kappa shape index (κ2) is 36.8. The van der Waals surface area contributed by atoms with Gasteiger partial charge < -0.3 is 14.6 Å². The van der Waals surface area contributed by atoms with Crippen molar-refractivity contribution >= 4 is 11.9 Å². The largest absolute Gasteiger partial charge is 0.462 e. The third-order valence-electron chi connectivity index (χ3n) is 7.48. The maximum Gasteiger partial charge on any atom is 0.306 e. The zero-order chi connectivity index (χ0) is 33.6. The fourth-order valence-corrected chi connectivity index (χ4v) is 4.70. The number of allylic oxidation sites excluding steroid dienone is 12. The highest BCUT2D eigenvalue weighted by Gasteiger charge is 2.15. The number of carbonyl (C=O) groups excluding carboxylic acids is 2. The van der Waals surface area contributed by atoms with E-state index in [0.717, 1.165) is 77.0 Å². The van der Waals surface area contributed by atoms with Crippen LogP contribution in [0.1, 0.15) is 155 Å². The quantitative estimate of drug-likeness (QED) is 0.0450. The van der Waals surface area contributed by atoms with E-state index in [-0.39, 0.29) is 25.2 Å². The van der Waals surface area contributed by atoms with Crippen molar-refractivity contribution in [3.63, 3.8) is 0 Å². The monoisotopic (exact) mass is 641 g/mol. The molecule has 0 bridgehead atoms. The molecule has 46 heavy (non-hydrogen) atoms. The SMILES string of the molecule is CCC=CCC=CCC=CCCCCCCCC(=O)O[C@@H](CO)COC(=O)CCCC=CCC=CCC=CCCCCCCCC. The number of unbranched alkanes of at least 4 members (excludes halogenated alkanes) is 12. The van der Waals surface area contributed by atoms with Crippen LogP contribution in [0.3, 0.4) is 0 Å². The fraction of sp³-hybridized carbons (Fsp3) is 0.659. The third kappa shape index (κ3) is 34.2. The van der Waals surface area contributed by atoms with Crippen LogP contribution in [0, 0.1) is 0 Å². The van der Waals surface area contributed by atoms with Gasteiger partial charge in [0.05, 0.1) is 6.61 Å². The summed E-state index contributed by atoms with van der Waals surface area (Å²) in [5.74, 6) is -0.679. The molecule has 0 aromatic heterocycles. The predicted molar refractivity (Wildman–Crippen MR) is 196 cm³/mol. The molecule has 0 unspecified atom stereocenters. The van der Waals surface area contributed by atoms with E-state index in [0.29, 0.717) is 19.3 Å². The van der Waals surface area contributed by atoms with Gasteiger partial charge in [-0.15, -0.1) is 0 Å². The first kappa shape index (κ1) is 43.3. The first-order valence-corrected chi connectivity index (χ1v) is 18.5. The summed E-state index contributed by atoms with van der Waals surface area (Å²) in [6.45, 7) is 3.94. The van der Waals surface area contributed by atoms with Gasteiger partial charge >= 0.3 is 11.9 Å². The minimum absolute atomic E-state index is 0.103. The summed E-state index contributed by atoms with van der Waals surface area (Å²) in [4.78, 5) is 24.2. The minimum atomic E-state index is -0.803. The fourth-order valence-electron chi connectivity index (χ4n) is 4.70. The Kier molecular flexibility index (Phi) is 34.7. The van der Waals surface area contributed by atoms with E-state index < -0.39 is 6.10 Å². The summed E-state index contributed by atoms with van der Waals surface area (Å²) >= 11 is 0. The molecule has 0 aromatic rings. The first-order chi connectivity index (χ1) is 22.6. The topological polar surface area (TPSA) is 72.8 Å². The van der Waals surface area contributed by atoms with E-state index in [1.165, 1.54) is 44.9 Å². The summed E-state index contributed by atoms with van der Waals surface area (Å²) in [5.41, 5.74) is 0. The molecule has 0 aromatic carbocycles. The predicted octanol–water partition coefficient (Wildman–Crippen LogP) is 11.4. The minimum Gasteiger partial charge on any atom is -0.462 e. The van der Waals surface area contributed by atoms with E-state index in [1.807, 2.05) is 0 Å². The van der Waals surface area contributed by atoms with Crippen LogP contribution in [-0.4, -0.2) is 36.4 Å². The lowest BCUT2D eigenvalue weighted by Gasteiger charge is -2.15. The van der Waals surface area contributed by atoms with Crippen molar-refractivity contribution in [2.45, 2.75) is 161 Å². The van der Waals surface area contributed by atoms with Crippen molar-refractivity contribution in [3.05, 3.63) is 72.9 Å². The number of rotatable bonds is 32. The molecule has 0 aliphatic heterocycles. The summed E-state index contributed by atoms with van der Waals surface area (Å²) < 4.78 is 10.5. The Morgan fingerprint density at radius 1 is 0.522 bits per heavy atom. The third-order valence-corrected chi connectivity index (χ3v) is 7.48. The Balaban J connectivity index is 3.71. The number of aliphatic hydroxyl groups excluding tert-OH is 1. The zero-order valence-electron chi connectivity index (χ0n) is 29.6. The molecule has 0 amide bonds. The highest BCUT2D eigenvalue weighted by Crippen LogP contribution is 2.10. The van der Waals surface area contributed by atoms with Crippen molar-refractivity contribution in [2.24, 2.45) is 0 Å². The molecule has 0 fully saturated rings. The number of hydrogen-bond acceptors (Lipinski definition) is 5. The number of esters is 2. The first-order valence-electron chi connectivity index (χ1n) is 18.5. The van der Waals surface area contributed by atoms with Crippen LogP contribution in [-0.2, 0) is 19.1 Å². The molecule has 0 aliphatic rings. The van der Waals surface area contributed by atoms with Crippen LogP contribution in [0.15, 0.2) is 72.9 Å². The molecule has 0 spiro atoms. The molecule has 0 rings (SSSR count). The molecule has 0 radical (unpaired) electrons. The number of ether oxygens (including phenoxy) is 2. The zero-order valence-corrected chi connectivity index (χ0v) is 29.6. The lowest BCUT2D eigenvalue weighted by molar-refractivity contribution is -0.161. The Morgan fingerprint density at radius 2 is 0.957 bits per heavy atom. The Labute approximate surface area is 283 Å². The maximum atomic E-state index is 12.1. The normalized spacial score (nSPS) is 13.0. The summed E-state index contributed by atoms with van der Waals surface area (Å²) in [6, 6.07) is 0. The Bertz CT molecular complexity index is 864. The number of carbonyl (C=O) groups is 2. The molecule has 262 valence electrons. The summed E-state index contributed by atoms with van der Waals surface area (Å²) in [6.07, 6.45) is 48.2. The van der Waals surface area contributed by atoms with Crippen molar-refractivity contribution in [1.82, 2.24) is 0 Å². The molecule has 5 heteroatoms. The summed E-state index contributed by atoms with van der Waals surface area (Å²) in [5, 5.41) is 9.53. The number of aliphatic hydroxyl groups is 1. The van der Waals surface area contributed by atoms with Gasteiger partial charge in [0.25, 0.3) is 0 Å². The van der Waals surface area contributed by atoms with Crippen LogP contribution in [0.2, 0.25) is 0 Å². The van der Waals surface area contributed by atoms with Crippen LogP contribution < -0.4 is 0 Å². The molecule has 0 saturated heterocycles. The van der Waals surface area contributed by atoms with Crippen LogP contribution in [0.25, 0.3) is 0 Å². The van der Waals surface area contributed by atoms with Gasteiger partial charge in [0.2, 0.25) is 0 Å². The van der Waals surface area contributed by atoms with Crippen molar-refractivity contribution in [1.29, 1.82) is 0 Å². The lowest BCUT2D eigenvalue weighted by atomic mass is 10.1. The van der Waals surface area contributed by atoms with E-state index >= 15 is 0 Å². The van der Waals surface area contributed by atoms with Gasteiger partial charge in [-0.25, -0.2) is 0 Å². The highest BCUT2D eigenvalue weighted by molar-refractivity contribution is 5.70. The smallest absolute Gasteiger partial charge is 0.306 e. The van der Waals surface area contributed by atoms with Crippen molar-refractivity contribution in [2.75, 3.05) is 13.2 Å². The second-order valence-corrected chi connectivity index (χ2v) is 11.9. The van der Waals surface area contributed by atoms with Crippen molar-refractivity contribution < 1.29 is 24.2 Å². The summed E-state index contributed by atoms with van der Waals surface area (Å²) in [7, 11) is 0. The molecular formula is C41H68O5. The van der Waals surface area contributed by atoms with Crippen LogP contribution in [0.5, 0.6) is 0 Å². The molecule has 1 N–H and O–H groups in total. The van der Waals surface area contributed by atoms with Crippen LogP contribution in [0.4, 0.5) is 0 Å². The standard InChI is InChI=1S/C41H68O5/c1-3-5-7-9-11-13-15-17-19-20-22-23-25-27-29-31-33-35-40(43)45-38-39(37-42)46-41(44)36-34-32-30-28-26-24-21-18-16-14-12-10-8-6-4-2/h6,8,12,14,17-19,21-23,27,29,39,42H,3-5,7,9-11,13,15-16,20,24-26,28,30-38H2,1-2H3/t39-/m0/s1. The Hall–Kier alpha value is -2.66. The lowest BCUT2D eigenvalue weighted by Crippen LogP contribution is -2.28. The molecule has 0 heterocycles. The van der Waals surface area contributed by atoms with Gasteiger partial charge in [-0.1, -0.05) is 138 Å². The number of hydrogen-bond donors (Lipinski definition) is 1. The van der Waals surface area contributed by atoms with Gasteiger partial charge in [-0.2, -0.15) is 0 Å². The Morgan fingerprint density at radius 3 is 1.48 bits per heavy atom. The molecule has 5 nitrogen and oxygen atoms in total. The average Bonchev–Trinajstić information content (AvgIpc) is 3.06. The van der Waals surface area contributed by atoms with E-state index in [9.17, 15) is 14.7 Å². The highest BCUT2D eigenvalue weighted by atomic mass is 16.6. The van der Waals surface area contributed by atoms with Crippen molar-refractivity contribution in [3.8, 4) is 0 Å². The van der Waals surface area contributed by atoms with Gasteiger partial charge in [0.15, 0.2) is 6.10 Å². The second-order valence-electron chi connectivity index (χ2n) is 11.9. The van der Waals surface area contributed by atoms with Gasteiger partial charge in [-0.05, 0) is 77.0 Å². The van der Waals surface area contributed by atoms with E-state index in [1.54, 1.807) is 0 Å². The van der Waals surface area contributed by atoms with Gasteiger partial charge in [0, 0.05) is 12.8 Å². The molecule has 0 aliphatic carbocycles. The van der Waals surface area contributed by atoms with Crippen LogP contribution >= 0.6 is 0 Å². The molecular weight excluding hydrogens is 572 g/mol. The maximum absolute atomic E-state index is 12.1. The van der Waals surface area contributed by atoms with Gasteiger partial charge in [-0.3, -0.25) is 9.59 Å². The molecule has 1 atom stereocenters. The average molecular weight is 641 g/mol. The van der Waals surface area contributed by atoms with E-state index in [4.69, 9.17) is 9.47 Å². The molecule has 0 saturated carbocycles. The van der Waals surface area contributed by atoms with E-state index in [2.05, 4.69) is 86.8 Å².